The molecule has 0 bridgehead atoms. The fraction of sp³-hybridized carbons (Fsp3) is 0.276. The van der Waals surface area contributed by atoms with Crippen molar-refractivity contribution in [2.45, 2.75) is 44.7 Å². The third-order valence-corrected chi connectivity index (χ3v) is 7.93. The van der Waals surface area contributed by atoms with Gasteiger partial charge in [-0.15, -0.1) is 21.5 Å². The van der Waals surface area contributed by atoms with Gasteiger partial charge in [0.25, 0.3) is 5.91 Å². The predicted octanol–water partition coefficient (Wildman–Crippen LogP) is 5.55. The van der Waals surface area contributed by atoms with Gasteiger partial charge in [-0.05, 0) is 56.9 Å². The molecule has 3 aromatic heterocycles. The van der Waals surface area contributed by atoms with Crippen LogP contribution in [0.4, 0.5) is 0 Å². The average molecular weight is 541 g/mol. The molecule has 1 amide bonds. The lowest BCUT2D eigenvalue weighted by Crippen LogP contribution is -2.35. The number of thiazole rings is 1. The van der Waals surface area contributed by atoms with E-state index in [-0.39, 0.29) is 17.8 Å². The molecule has 198 valence electrons. The second kappa shape index (κ2) is 10.2. The topological polar surface area (TPSA) is 124 Å². The van der Waals surface area contributed by atoms with Crippen molar-refractivity contribution in [2.24, 2.45) is 5.73 Å². The van der Waals surface area contributed by atoms with Gasteiger partial charge in [0.1, 0.15) is 11.3 Å². The third kappa shape index (κ3) is 5.13. The highest BCUT2D eigenvalue weighted by molar-refractivity contribution is 7.09. The van der Waals surface area contributed by atoms with Crippen LogP contribution in [0.15, 0.2) is 75.2 Å². The van der Waals surface area contributed by atoms with Crippen LogP contribution in [0.25, 0.3) is 22.9 Å². The number of rotatable bonds is 7. The van der Waals surface area contributed by atoms with Gasteiger partial charge in [-0.25, -0.2) is 9.97 Å². The molecule has 2 aromatic carbocycles. The van der Waals surface area contributed by atoms with Crippen molar-refractivity contribution in [3.05, 3.63) is 94.1 Å². The molecular formula is C29H28N6O3S. The predicted molar refractivity (Wildman–Crippen MR) is 147 cm³/mol. The molecule has 2 atom stereocenters. The zero-order valence-corrected chi connectivity index (χ0v) is 22.5. The minimum absolute atomic E-state index is 0.0454. The van der Waals surface area contributed by atoms with Crippen molar-refractivity contribution >= 4 is 17.2 Å². The van der Waals surface area contributed by atoms with Crippen LogP contribution in [0.2, 0.25) is 0 Å². The SMILES string of the molecule is Cc1csc([C@@H]2CCCN2C(=O)c2cc(-c3ncco3)cc(-c3nnc(C(C)(N)Cc4ccccc4)o3)c2)n1. The minimum Gasteiger partial charge on any atom is -0.445 e. The van der Waals surface area contributed by atoms with Crippen molar-refractivity contribution in [3.63, 3.8) is 0 Å². The first kappa shape index (κ1) is 25.1. The smallest absolute Gasteiger partial charge is 0.254 e. The van der Waals surface area contributed by atoms with Gasteiger partial charge in [0.2, 0.25) is 17.7 Å². The number of hydrogen-bond donors (Lipinski definition) is 1. The number of benzene rings is 2. The summed E-state index contributed by atoms with van der Waals surface area (Å²) in [7, 11) is 0. The molecule has 0 aliphatic carbocycles. The maximum Gasteiger partial charge on any atom is 0.254 e. The number of aryl methyl sites for hydroxylation is 1. The van der Waals surface area contributed by atoms with Crippen molar-refractivity contribution in [1.82, 2.24) is 25.1 Å². The van der Waals surface area contributed by atoms with Gasteiger partial charge >= 0.3 is 0 Å². The number of carbonyl (C=O) groups excluding carboxylic acids is 1. The van der Waals surface area contributed by atoms with E-state index in [4.69, 9.17) is 14.6 Å². The molecule has 9 nitrogen and oxygen atoms in total. The van der Waals surface area contributed by atoms with E-state index in [1.807, 2.05) is 60.5 Å². The lowest BCUT2D eigenvalue weighted by atomic mass is 9.94. The van der Waals surface area contributed by atoms with Crippen LogP contribution in [0.3, 0.4) is 0 Å². The highest BCUT2D eigenvalue weighted by atomic mass is 32.1. The van der Waals surface area contributed by atoms with E-state index >= 15 is 0 Å². The van der Waals surface area contributed by atoms with Crippen LogP contribution in [-0.2, 0) is 12.0 Å². The largest absolute Gasteiger partial charge is 0.445 e. The molecule has 1 aliphatic heterocycles. The van der Waals surface area contributed by atoms with Crippen molar-refractivity contribution in [1.29, 1.82) is 0 Å². The van der Waals surface area contributed by atoms with E-state index in [0.29, 0.717) is 41.4 Å². The van der Waals surface area contributed by atoms with Crippen molar-refractivity contribution < 1.29 is 13.6 Å². The van der Waals surface area contributed by atoms with Crippen LogP contribution >= 0.6 is 11.3 Å². The van der Waals surface area contributed by atoms with E-state index in [9.17, 15) is 4.79 Å². The zero-order chi connectivity index (χ0) is 27.0. The number of nitrogens with two attached hydrogens (primary N) is 1. The monoisotopic (exact) mass is 540 g/mol. The highest BCUT2D eigenvalue weighted by Gasteiger charge is 2.33. The molecule has 2 N–H and O–H groups in total. The summed E-state index contributed by atoms with van der Waals surface area (Å²) in [6, 6.07) is 15.3. The second-order valence-electron chi connectivity index (χ2n) is 10.1. The molecule has 1 fully saturated rings. The Balaban J connectivity index is 1.35. The standard InChI is InChI=1S/C29H28N6O3S/c1-18-17-39-26(32-18)23-9-6-11-35(23)27(36)22-14-20(24-31-10-12-37-24)13-21(15-22)25-33-34-28(38-25)29(2,30)16-19-7-4-3-5-8-19/h3-5,7-8,10,12-15,17,23H,6,9,11,16,30H2,1-2H3/t23-,29?/m0/s1. The molecule has 1 unspecified atom stereocenters. The van der Waals surface area contributed by atoms with Crippen molar-refractivity contribution in [2.75, 3.05) is 6.54 Å². The number of hydrogen-bond acceptors (Lipinski definition) is 9. The van der Waals surface area contributed by atoms with Gasteiger partial charge in [0, 0.05) is 34.3 Å². The zero-order valence-electron chi connectivity index (χ0n) is 21.7. The van der Waals surface area contributed by atoms with E-state index in [1.165, 1.54) is 6.26 Å². The van der Waals surface area contributed by atoms with Gasteiger partial charge in [-0.3, -0.25) is 4.79 Å². The van der Waals surface area contributed by atoms with Gasteiger partial charge in [-0.1, -0.05) is 30.3 Å². The summed E-state index contributed by atoms with van der Waals surface area (Å²) in [6.07, 6.45) is 5.40. The molecule has 4 heterocycles. The summed E-state index contributed by atoms with van der Waals surface area (Å²) in [5.74, 6) is 0.889. The van der Waals surface area contributed by atoms with E-state index in [0.717, 1.165) is 29.1 Å². The molecule has 6 rings (SSSR count). The fourth-order valence-corrected chi connectivity index (χ4v) is 5.93. The molecule has 0 spiro atoms. The van der Waals surface area contributed by atoms with Crippen LogP contribution < -0.4 is 5.73 Å². The Morgan fingerprint density at radius 1 is 1.15 bits per heavy atom. The van der Waals surface area contributed by atoms with Gasteiger partial charge < -0.3 is 19.5 Å². The van der Waals surface area contributed by atoms with Crippen LogP contribution in [0.5, 0.6) is 0 Å². The Kier molecular flexibility index (Phi) is 6.58. The Morgan fingerprint density at radius 3 is 2.67 bits per heavy atom. The van der Waals surface area contributed by atoms with Gasteiger partial charge in [0.05, 0.1) is 17.8 Å². The van der Waals surface area contributed by atoms with Gasteiger partial charge in [-0.2, -0.15) is 0 Å². The molecule has 0 saturated carbocycles. The van der Waals surface area contributed by atoms with E-state index < -0.39 is 5.54 Å². The molecule has 5 aromatic rings. The Labute approximate surface area is 229 Å². The van der Waals surface area contributed by atoms with E-state index in [2.05, 4.69) is 20.2 Å². The molecule has 1 aliphatic rings. The number of oxazole rings is 1. The van der Waals surface area contributed by atoms with E-state index in [1.54, 1.807) is 29.7 Å². The van der Waals surface area contributed by atoms with Crippen LogP contribution in [0.1, 0.15) is 58.3 Å². The summed E-state index contributed by atoms with van der Waals surface area (Å²) in [6.45, 7) is 4.50. The average Bonchev–Trinajstić information content (AvgIpc) is 3.74. The number of nitrogens with zero attached hydrogens (tertiary/aromatic N) is 5. The number of amides is 1. The number of aromatic nitrogens is 4. The fourth-order valence-electron chi connectivity index (χ4n) is 4.99. The van der Waals surface area contributed by atoms with Crippen molar-refractivity contribution in [3.8, 4) is 22.9 Å². The molecular weight excluding hydrogens is 512 g/mol. The minimum atomic E-state index is -0.875. The summed E-state index contributed by atoms with van der Waals surface area (Å²) in [4.78, 5) is 24.7. The maximum atomic E-state index is 13.9. The quantitative estimate of drug-likeness (QED) is 0.285. The number of likely N-dealkylation sites (tertiary alicyclic amines) is 1. The summed E-state index contributed by atoms with van der Waals surface area (Å²) >= 11 is 1.59. The Hall–Kier alpha value is -4.15. The van der Waals surface area contributed by atoms with Crippen LogP contribution in [-0.4, -0.2) is 37.5 Å². The lowest BCUT2D eigenvalue weighted by molar-refractivity contribution is 0.0735. The first-order chi connectivity index (χ1) is 18.9. The summed E-state index contributed by atoms with van der Waals surface area (Å²) in [5.41, 5.74) is 9.49. The first-order valence-corrected chi connectivity index (χ1v) is 13.7. The number of carbonyl (C=O) groups is 1. The lowest BCUT2D eigenvalue weighted by Gasteiger charge is -2.23. The van der Waals surface area contributed by atoms with Gasteiger partial charge in [0.15, 0.2) is 0 Å². The second-order valence-corrected chi connectivity index (χ2v) is 11.0. The molecule has 10 heteroatoms. The summed E-state index contributed by atoms with van der Waals surface area (Å²) < 4.78 is 11.7. The van der Waals surface area contributed by atoms with Crippen LogP contribution in [0, 0.1) is 6.92 Å². The molecule has 39 heavy (non-hydrogen) atoms. The third-order valence-electron chi connectivity index (χ3n) is 6.87. The Morgan fingerprint density at radius 2 is 1.95 bits per heavy atom. The maximum absolute atomic E-state index is 13.9. The summed E-state index contributed by atoms with van der Waals surface area (Å²) in [5, 5.41) is 11.6. The first-order valence-electron chi connectivity index (χ1n) is 12.8. The normalized spacial score (nSPS) is 16.9. The Bertz CT molecular complexity index is 1590. The molecule has 1 saturated heterocycles. The molecule has 0 radical (unpaired) electrons. The highest BCUT2D eigenvalue weighted by Crippen LogP contribution is 2.36.